The van der Waals surface area contributed by atoms with E-state index in [9.17, 15) is 19.2 Å². The Morgan fingerprint density at radius 2 is 1.90 bits per heavy atom. The topological polar surface area (TPSA) is 155 Å². The molecule has 3 aliphatic rings. The van der Waals surface area contributed by atoms with E-state index in [-0.39, 0.29) is 24.8 Å². The Morgan fingerprint density at radius 1 is 1.12 bits per heavy atom. The number of nitrogens with zero attached hydrogens (tertiary/aromatic N) is 2. The average molecular weight is 695 g/mol. The first-order valence-corrected chi connectivity index (χ1v) is 17.4. The predicted molar refractivity (Wildman–Crippen MR) is 185 cm³/mol. The summed E-state index contributed by atoms with van der Waals surface area (Å²) in [5.74, 6) is -0.00172. The monoisotopic (exact) mass is 694 g/mol. The van der Waals surface area contributed by atoms with Gasteiger partial charge in [-0.15, -0.1) is 0 Å². The van der Waals surface area contributed by atoms with Crippen molar-refractivity contribution < 1.29 is 42.9 Å². The summed E-state index contributed by atoms with van der Waals surface area (Å²) < 4.78 is 28.3. The number of pyridine rings is 1. The number of nitrogens with one attached hydrogen (secondary N) is 2. The quantitative estimate of drug-likeness (QED) is 0.308. The largest absolute Gasteiger partial charge is 0.497 e. The summed E-state index contributed by atoms with van der Waals surface area (Å²) in [4.78, 5) is 60.8. The third kappa shape index (κ3) is 8.42. The number of hydrogen-bond donors (Lipinski definition) is 2. The molecule has 3 amide bonds. The molecule has 1 saturated carbocycles. The van der Waals surface area contributed by atoms with Crippen molar-refractivity contribution in [2.24, 2.45) is 11.8 Å². The Morgan fingerprint density at radius 3 is 2.60 bits per heavy atom. The summed E-state index contributed by atoms with van der Waals surface area (Å²) in [7, 11) is 2.87. The highest BCUT2D eigenvalue weighted by Gasteiger charge is 2.62. The number of fused-ring (bicyclic) bond motifs is 3. The molecule has 3 heterocycles. The fourth-order valence-corrected chi connectivity index (χ4v) is 6.73. The zero-order chi connectivity index (χ0) is 36.2. The fraction of sp³-hybridized carbons (Fsp3) is 0.595. The van der Waals surface area contributed by atoms with Crippen molar-refractivity contribution in [2.75, 3.05) is 27.4 Å². The average Bonchev–Trinajstić information content (AvgIpc) is 3.59. The predicted octanol–water partition coefficient (Wildman–Crippen LogP) is 4.70. The van der Waals surface area contributed by atoms with Gasteiger partial charge in [0.1, 0.15) is 40.8 Å². The van der Waals surface area contributed by atoms with Gasteiger partial charge in [-0.2, -0.15) is 0 Å². The third-order valence-corrected chi connectivity index (χ3v) is 9.43. The molecule has 1 unspecified atom stereocenters. The maximum atomic E-state index is 14.5. The van der Waals surface area contributed by atoms with E-state index >= 15 is 0 Å². The van der Waals surface area contributed by atoms with Crippen LogP contribution in [0, 0.1) is 11.8 Å². The summed E-state index contributed by atoms with van der Waals surface area (Å²) in [6.45, 7) is 9.66. The van der Waals surface area contributed by atoms with Crippen molar-refractivity contribution in [1.29, 1.82) is 0 Å². The Hall–Kier alpha value is -4.55. The first-order valence-electron chi connectivity index (χ1n) is 17.4. The molecule has 0 radical (unpaired) electrons. The van der Waals surface area contributed by atoms with Gasteiger partial charge in [0, 0.05) is 29.9 Å². The van der Waals surface area contributed by atoms with Gasteiger partial charge in [0.05, 0.1) is 32.9 Å². The number of esters is 1. The number of rotatable bonds is 7. The Labute approximate surface area is 293 Å². The van der Waals surface area contributed by atoms with Crippen LogP contribution in [0.25, 0.3) is 10.9 Å². The first kappa shape index (κ1) is 36.7. The second-order valence-electron chi connectivity index (χ2n) is 14.4. The number of amides is 3. The van der Waals surface area contributed by atoms with Crippen molar-refractivity contribution in [3.05, 3.63) is 36.4 Å². The minimum Gasteiger partial charge on any atom is -0.497 e. The molecule has 1 aliphatic carbocycles. The summed E-state index contributed by atoms with van der Waals surface area (Å²) in [6.07, 6.45) is 5.83. The van der Waals surface area contributed by atoms with Crippen LogP contribution in [0.3, 0.4) is 0 Å². The highest BCUT2D eigenvalue weighted by atomic mass is 16.6. The number of ether oxygens (including phenoxy) is 5. The minimum atomic E-state index is -1.22. The molecule has 5 rings (SSSR count). The molecule has 0 spiro atoms. The molecular weight excluding hydrogens is 644 g/mol. The normalized spacial score (nSPS) is 27.2. The van der Waals surface area contributed by atoms with Gasteiger partial charge in [-0.25, -0.2) is 14.6 Å². The number of aromatic nitrogens is 1. The van der Waals surface area contributed by atoms with Crippen LogP contribution in [0.1, 0.15) is 73.1 Å². The lowest BCUT2D eigenvalue weighted by Gasteiger charge is -2.30. The SMILES string of the molecule is CCOc1cc(O[C@@H]2C[C@H]3C(=O)N[C@]4(C(=O)OC)CC4C=CCC[C@H](C)CC[C@H](NC(=O)OC(C)(C)C)C(=O)N3C2)c2ccc(OC)cc2n1. The van der Waals surface area contributed by atoms with Crippen molar-refractivity contribution in [2.45, 2.75) is 102 Å². The standard InChI is InChI=1S/C37H50N4O9/c1-8-48-31-19-30(26-15-14-24(46-6)17-28(26)38-31)49-25-18-29-32(42)40-37(34(44)47-7)20-23(37)12-10-9-11-22(2)13-16-27(33(43)41(29)21-25)39-35(45)50-36(3,4)5/h10,12,14-15,17,19,22-23,25,27,29H,8-9,11,13,16,18,20-21H2,1-7H3,(H,39,45)(H,40,42)/t22-,23?,25+,27-,29-,37+/m0/s1. The first-order chi connectivity index (χ1) is 23.8. The van der Waals surface area contributed by atoms with Crippen LogP contribution in [-0.2, 0) is 23.9 Å². The Bertz CT molecular complexity index is 1620. The van der Waals surface area contributed by atoms with Crippen molar-refractivity contribution in [3.63, 3.8) is 0 Å². The molecule has 1 aromatic heterocycles. The van der Waals surface area contributed by atoms with E-state index < -0.39 is 53.2 Å². The van der Waals surface area contributed by atoms with Gasteiger partial charge in [-0.05, 0) is 77.8 Å². The number of benzene rings is 1. The van der Waals surface area contributed by atoms with Gasteiger partial charge in [0.25, 0.3) is 0 Å². The lowest BCUT2D eigenvalue weighted by Crippen LogP contribution is -2.56. The highest BCUT2D eigenvalue weighted by Crippen LogP contribution is 2.46. The molecule has 50 heavy (non-hydrogen) atoms. The molecule has 0 bridgehead atoms. The zero-order valence-electron chi connectivity index (χ0n) is 30.1. The van der Waals surface area contributed by atoms with E-state index in [1.807, 2.05) is 25.1 Å². The molecule has 2 fully saturated rings. The molecular formula is C37H50N4O9. The van der Waals surface area contributed by atoms with E-state index in [1.165, 1.54) is 12.0 Å². The number of carbonyl (C=O) groups is 4. The molecule has 2 N–H and O–H groups in total. The van der Waals surface area contributed by atoms with Gasteiger partial charge >= 0.3 is 12.1 Å². The summed E-state index contributed by atoms with van der Waals surface area (Å²) in [6, 6.07) is 5.15. The van der Waals surface area contributed by atoms with E-state index in [2.05, 4.69) is 22.5 Å². The van der Waals surface area contributed by atoms with Crippen LogP contribution < -0.4 is 24.8 Å². The number of carbonyl (C=O) groups excluding carboxylic acids is 4. The van der Waals surface area contributed by atoms with Crippen LogP contribution in [0.4, 0.5) is 4.79 Å². The van der Waals surface area contributed by atoms with E-state index in [4.69, 9.17) is 23.7 Å². The Balaban J connectivity index is 1.50. The zero-order valence-corrected chi connectivity index (χ0v) is 30.1. The molecule has 2 aromatic rings. The van der Waals surface area contributed by atoms with E-state index in [0.29, 0.717) is 54.2 Å². The van der Waals surface area contributed by atoms with E-state index in [0.717, 1.165) is 12.8 Å². The van der Waals surface area contributed by atoms with Crippen molar-refractivity contribution in [1.82, 2.24) is 20.5 Å². The third-order valence-electron chi connectivity index (χ3n) is 9.43. The molecule has 6 atom stereocenters. The van der Waals surface area contributed by atoms with Gasteiger partial charge in [-0.1, -0.05) is 19.1 Å². The molecule has 1 saturated heterocycles. The van der Waals surface area contributed by atoms with E-state index in [1.54, 1.807) is 46.1 Å². The van der Waals surface area contributed by atoms with Crippen molar-refractivity contribution in [3.8, 4) is 17.4 Å². The van der Waals surface area contributed by atoms with Crippen LogP contribution in [0.2, 0.25) is 0 Å². The molecule has 13 heteroatoms. The van der Waals surface area contributed by atoms with Gasteiger partial charge in [0.15, 0.2) is 0 Å². The van der Waals surface area contributed by atoms with Gasteiger partial charge in [-0.3, -0.25) is 9.59 Å². The maximum absolute atomic E-state index is 14.5. The number of alkyl carbamates (subject to hydrolysis) is 1. The van der Waals surface area contributed by atoms with Crippen molar-refractivity contribution >= 4 is 34.8 Å². The summed E-state index contributed by atoms with van der Waals surface area (Å²) in [5, 5.41) is 6.45. The van der Waals surface area contributed by atoms with Gasteiger partial charge in [0.2, 0.25) is 17.7 Å². The molecule has 2 aliphatic heterocycles. The number of hydrogen-bond acceptors (Lipinski definition) is 10. The van der Waals surface area contributed by atoms with Crippen LogP contribution >= 0.6 is 0 Å². The van der Waals surface area contributed by atoms with Gasteiger partial charge < -0.3 is 39.2 Å². The van der Waals surface area contributed by atoms with Crippen LogP contribution in [0.5, 0.6) is 17.4 Å². The molecule has 13 nitrogen and oxygen atoms in total. The summed E-state index contributed by atoms with van der Waals surface area (Å²) in [5.41, 5.74) is -1.40. The lowest BCUT2D eigenvalue weighted by molar-refractivity contribution is -0.148. The molecule has 1 aromatic carbocycles. The second kappa shape index (κ2) is 15.1. The van der Waals surface area contributed by atoms with Crippen LogP contribution in [-0.4, -0.2) is 90.5 Å². The number of allylic oxidation sites excluding steroid dienone is 1. The number of methoxy groups -OCH3 is 2. The fourth-order valence-electron chi connectivity index (χ4n) is 6.73. The lowest BCUT2D eigenvalue weighted by atomic mass is 9.96. The minimum absolute atomic E-state index is 0.0530. The van der Waals surface area contributed by atoms with Crippen LogP contribution in [0.15, 0.2) is 36.4 Å². The Kier molecular flexibility index (Phi) is 11.1. The maximum Gasteiger partial charge on any atom is 0.408 e. The molecule has 272 valence electrons. The second-order valence-corrected chi connectivity index (χ2v) is 14.4. The summed E-state index contributed by atoms with van der Waals surface area (Å²) >= 11 is 0. The smallest absolute Gasteiger partial charge is 0.408 e. The highest BCUT2D eigenvalue weighted by molar-refractivity contribution is 5.96.